The first kappa shape index (κ1) is 9.29. The molecule has 0 saturated carbocycles. The van der Waals surface area contributed by atoms with Crippen molar-refractivity contribution >= 4 is 11.6 Å². The van der Waals surface area contributed by atoms with Gasteiger partial charge in [0.1, 0.15) is 0 Å². The average molecular weight is 148 g/mol. The van der Waals surface area contributed by atoms with Crippen LogP contribution in [0, 0.1) is 6.42 Å². The van der Waals surface area contributed by atoms with Gasteiger partial charge in [0.05, 0.1) is 0 Å². The largest absolute Gasteiger partial charge is 0.127 e. The zero-order valence-corrected chi connectivity index (χ0v) is 6.95. The molecule has 0 aromatic rings. The fourth-order valence-electron chi connectivity index (χ4n) is 0.732. The van der Waals surface area contributed by atoms with E-state index in [9.17, 15) is 0 Å². The van der Waals surface area contributed by atoms with Crippen molar-refractivity contribution < 1.29 is 0 Å². The molecular weight excluding hydrogens is 132 g/mol. The summed E-state index contributed by atoms with van der Waals surface area (Å²) >= 11 is 5.50. The number of rotatable bonds is 6. The lowest BCUT2D eigenvalue weighted by molar-refractivity contribution is 0.740. The molecule has 0 saturated heterocycles. The number of alkyl halides is 1. The SMILES string of the molecule is CCC[CH]CCCCCl. The van der Waals surface area contributed by atoms with Gasteiger partial charge in [-0.3, -0.25) is 0 Å². The highest BCUT2D eigenvalue weighted by atomic mass is 35.5. The van der Waals surface area contributed by atoms with Crippen molar-refractivity contribution in [2.24, 2.45) is 0 Å². The maximum Gasteiger partial charge on any atom is 0.0223 e. The normalized spacial score (nSPS) is 10.0. The molecule has 0 aliphatic carbocycles. The van der Waals surface area contributed by atoms with Gasteiger partial charge in [0.25, 0.3) is 0 Å². The molecule has 0 aromatic heterocycles. The molecule has 0 nitrogen and oxygen atoms in total. The van der Waals surface area contributed by atoms with Crippen LogP contribution >= 0.6 is 11.6 Å². The Morgan fingerprint density at radius 1 is 1.22 bits per heavy atom. The standard InChI is InChI=1S/C8H16Cl/c1-2-3-4-5-6-7-8-9/h4H,2-3,5-8H2,1H3. The number of hydrogen-bond acceptors (Lipinski definition) is 0. The minimum Gasteiger partial charge on any atom is -0.127 e. The van der Waals surface area contributed by atoms with Gasteiger partial charge in [-0.1, -0.05) is 32.6 Å². The van der Waals surface area contributed by atoms with E-state index in [1.54, 1.807) is 0 Å². The molecule has 0 unspecified atom stereocenters. The van der Waals surface area contributed by atoms with E-state index in [-0.39, 0.29) is 0 Å². The second kappa shape index (κ2) is 8.29. The van der Waals surface area contributed by atoms with E-state index in [1.807, 2.05) is 0 Å². The first-order chi connectivity index (χ1) is 4.41. The Hall–Kier alpha value is 0.290. The molecule has 9 heavy (non-hydrogen) atoms. The van der Waals surface area contributed by atoms with Gasteiger partial charge in [-0.2, -0.15) is 0 Å². The highest BCUT2D eigenvalue weighted by Gasteiger charge is 1.86. The molecule has 1 radical (unpaired) electrons. The molecule has 0 spiro atoms. The third kappa shape index (κ3) is 8.29. The molecule has 55 valence electrons. The molecule has 0 aliphatic rings. The van der Waals surface area contributed by atoms with Gasteiger partial charge in [0.15, 0.2) is 0 Å². The fourth-order valence-corrected chi connectivity index (χ4v) is 0.921. The van der Waals surface area contributed by atoms with Gasteiger partial charge in [0.2, 0.25) is 0 Å². The van der Waals surface area contributed by atoms with Crippen molar-refractivity contribution in [1.82, 2.24) is 0 Å². The van der Waals surface area contributed by atoms with Gasteiger partial charge in [0, 0.05) is 5.88 Å². The van der Waals surface area contributed by atoms with Gasteiger partial charge in [-0.05, 0) is 12.8 Å². The summed E-state index contributed by atoms with van der Waals surface area (Å²) in [5.74, 6) is 0.819. The van der Waals surface area contributed by atoms with Crippen LogP contribution in [0.25, 0.3) is 0 Å². The van der Waals surface area contributed by atoms with Crippen LogP contribution in [-0.2, 0) is 0 Å². The fraction of sp³-hybridized carbons (Fsp3) is 0.875. The van der Waals surface area contributed by atoms with Crippen molar-refractivity contribution in [3.8, 4) is 0 Å². The monoisotopic (exact) mass is 147 g/mol. The van der Waals surface area contributed by atoms with Crippen LogP contribution in [0.5, 0.6) is 0 Å². The molecule has 0 atom stereocenters. The van der Waals surface area contributed by atoms with Gasteiger partial charge in [-0.25, -0.2) is 0 Å². The number of hydrogen-bond donors (Lipinski definition) is 0. The highest BCUT2D eigenvalue weighted by Crippen LogP contribution is 2.03. The second-order valence-corrected chi connectivity index (χ2v) is 2.64. The Labute approximate surface area is 63.6 Å². The Kier molecular flexibility index (Phi) is 8.56. The van der Waals surface area contributed by atoms with Crippen molar-refractivity contribution in [1.29, 1.82) is 0 Å². The summed E-state index contributed by atoms with van der Waals surface area (Å²) in [7, 11) is 0. The average Bonchev–Trinajstić information content (AvgIpc) is 1.89. The maximum absolute atomic E-state index is 5.50. The van der Waals surface area contributed by atoms with Gasteiger partial charge < -0.3 is 0 Å². The van der Waals surface area contributed by atoms with Crippen LogP contribution < -0.4 is 0 Å². The minimum absolute atomic E-state index is 0.819. The van der Waals surface area contributed by atoms with Gasteiger partial charge >= 0.3 is 0 Å². The van der Waals surface area contributed by atoms with Crippen LogP contribution in [0.15, 0.2) is 0 Å². The Balaban J connectivity index is 2.60. The topological polar surface area (TPSA) is 0 Å². The summed E-state index contributed by atoms with van der Waals surface area (Å²) in [5, 5.41) is 0. The van der Waals surface area contributed by atoms with Crippen LogP contribution in [0.2, 0.25) is 0 Å². The van der Waals surface area contributed by atoms with Crippen LogP contribution in [0.4, 0.5) is 0 Å². The van der Waals surface area contributed by atoms with E-state index < -0.39 is 0 Å². The van der Waals surface area contributed by atoms with E-state index in [1.165, 1.54) is 32.1 Å². The van der Waals surface area contributed by atoms with E-state index in [4.69, 9.17) is 11.6 Å². The summed E-state index contributed by atoms with van der Waals surface area (Å²) in [6.45, 7) is 2.21. The van der Waals surface area contributed by atoms with Crippen molar-refractivity contribution in [3.05, 3.63) is 6.42 Å². The summed E-state index contributed by atoms with van der Waals surface area (Å²) < 4.78 is 0. The van der Waals surface area contributed by atoms with Crippen LogP contribution in [0.1, 0.15) is 39.0 Å². The number of halogens is 1. The molecule has 1 heteroatoms. The first-order valence-electron chi connectivity index (χ1n) is 3.79. The van der Waals surface area contributed by atoms with E-state index in [2.05, 4.69) is 13.3 Å². The quantitative estimate of drug-likeness (QED) is 0.399. The van der Waals surface area contributed by atoms with E-state index >= 15 is 0 Å². The zero-order valence-electron chi connectivity index (χ0n) is 6.20. The maximum atomic E-state index is 5.50. The lowest BCUT2D eigenvalue weighted by Gasteiger charge is -1.95. The van der Waals surface area contributed by atoms with E-state index in [0.717, 1.165) is 5.88 Å². The second-order valence-electron chi connectivity index (χ2n) is 2.26. The number of unbranched alkanes of at least 4 members (excludes halogenated alkanes) is 5. The first-order valence-corrected chi connectivity index (χ1v) is 4.33. The predicted molar refractivity (Wildman–Crippen MR) is 43.8 cm³/mol. The summed E-state index contributed by atoms with van der Waals surface area (Å²) in [6, 6.07) is 0. The van der Waals surface area contributed by atoms with Crippen LogP contribution in [0.3, 0.4) is 0 Å². The molecule has 0 rings (SSSR count). The lowest BCUT2D eigenvalue weighted by Crippen LogP contribution is -1.79. The molecule has 0 heterocycles. The summed E-state index contributed by atoms with van der Waals surface area (Å²) in [5.41, 5.74) is 0. The zero-order chi connectivity index (χ0) is 6.95. The van der Waals surface area contributed by atoms with Crippen molar-refractivity contribution in [3.63, 3.8) is 0 Å². The Morgan fingerprint density at radius 3 is 2.56 bits per heavy atom. The summed E-state index contributed by atoms with van der Waals surface area (Å²) in [6.07, 6.45) is 8.58. The van der Waals surface area contributed by atoms with Crippen molar-refractivity contribution in [2.75, 3.05) is 5.88 Å². The van der Waals surface area contributed by atoms with E-state index in [0.29, 0.717) is 0 Å². The molecule has 0 amide bonds. The smallest absolute Gasteiger partial charge is 0.0223 e. The molecule has 0 N–H and O–H groups in total. The Morgan fingerprint density at radius 2 is 2.00 bits per heavy atom. The third-order valence-corrected chi connectivity index (χ3v) is 1.55. The molecule has 0 aromatic carbocycles. The van der Waals surface area contributed by atoms with Gasteiger partial charge in [-0.15, -0.1) is 11.6 Å². The molecule has 0 aliphatic heterocycles. The van der Waals surface area contributed by atoms with Crippen LogP contribution in [-0.4, -0.2) is 5.88 Å². The molecule has 0 fully saturated rings. The lowest BCUT2D eigenvalue weighted by atomic mass is 10.1. The highest BCUT2D eigenvalue weighted by molar-refractivity contribution is 6.17. The summed E-state index contributed by atoms with van der Waals surface area (Å²) in [4.78, 5) is 0. The predicted octanol–water partition coefficient (Wildman–Crippen LogP) is 3.40. The molecule has 0 bridgehead atoms. The minimum atomic E-state index is 0.819. The Bertz CT molecular complexity index is 37.8. The van der Waals surface area contributed by atoms with Crippen molar-refractivity contribution in [2.45, 2.75) is 39.0 Å². The third-order valence-electron chi connectivity index (χ3n) is 1.28. The molecular formula is C8H16Cl.